The first-order valence-corrected chi connectivity index (χ1v) is 12.1. The van der Waals surface area contributed by atoms with Gasteiger partial charge in [-0.2, -0.15) is 0 Å². The monoisotopic (exact) mass is 476 g/mol. The third kappa shape index (κ3) is 4.23. The van der Waals surface area contributed by atoms with E-state index in [0.717, 1.165) is 6.07 Å². The van der Waals surface area contributed by atoms with E-state index in [1.54, 1.807) is 30.8 Å². The van der Waals surface area contributed by atoms with Gasteiger partial charge in [0.15, 0.2) is 11.6 Å². The van der Waals surface area contributed by atoms with Crippen molar-refractivity contribution in [1.29, 1.82) is 0 Å². The number of fused-ring (bicyclic) bond motifs is 1. The summed E-state index contributed by atoms with van der Waals surface area (Å²) < 4.78 is 62.0. The van der Waals surface area contributed by atoms with E-state index < -0.39 is 21.7 Å². The lowest BCUT2D eigenvalue weighted by Gasteiger charge is -2.16. The highest BCUT2D eigenvalue weighted by Crippen LogP contribution is 2.40. The fourth-order valence-electron chi connectivity index (χ4n) is 3.20. The van der Waals surface area contributed by atoms with Gasteiger partial charge in [-0.15, -0.1) is 11.3 Å². The second-order valence-corrected chi connectivity index (χ2v) is 9.94. The highest BCUT2D eigenvalue weighted by molar-refractivity contribution is 7.92. The van der Waals surface area contributed by atoms with Gasteiger partial charge in [0.05, 0.1) is 11.1 Å². The molecular weight excluding hydrogens is 458 g/mol. The van der Waals surface area contributed by atoms with Gasteiger partial charge < -0.3 is 9.30 Å². The van der Waals surface area contributed by atoms with Crippen molar-refractivity contribution in [2.24, 2.45) is 7.05 Å². The summed E-state index contributed by atoms with van der Waals surface area (Å²) in [5.41, 5.74) is 1.15. The minimum atomic E-state index is -3.55. The van der Waals surface area contributed by atoms with E-state index in [4.69, 9.17) is 4.74 Å². The van der Waals surface area contributed by atoms with Crippen LogP contribution < -0.4 is 15.0 Å². The number of halogens is 2. The number of rotatable bonds is 6. The Morgan fingerprint density at radius 1 is 1.06 bits per heavy atom. The van der Waals surface area contributed by atoms with Gasteiger partial charge in [0.2, 0.25) is 10.0 Å². The van der Waals surface area contributed by atoms with E-state index in [-0.39, 0.29) is 28.5 Å². The van der Waals surface area contributed by atoms with Crippen LogP contribution in [0.2, 0.25) is 0 Å². The van der Waals surface area contributed by atoms with Crippen LogP contribution in [0.15, 0.2) is 58.8 Å². The first-order chi connectivity index (χ1) is 15.2. The number of aromatic nitrogens is 1. The van der Waals surface area contributed by atoms with Crippen LogP contribution in [0.5, 0.6) is 11.5 Å². The molecule has 0 fully saturated rings. The second kappa shape index (κ2) is 8.36. The number of nitrogens with one attached hydrogen (secondary N) is 1. The average Bonchev–Trinajstić information content (AvgIpc) is 3.24. The number of anilines is 1. The van der Waals surface area contributed by atoms with Crippen molar-refractivity contribution in [3.8, 4) is 22.6 Å². The van der Waals surface area contributed by atoms with E-state index in [0.29, 0.717) is 27.3 Å². The average molecular weight is 477 g/mol. The van der Waals surface area contributed by atoms with Crippen molar-refractivity contribution >= 4 is 37.1 Å². The van der Waals surface area contributed by atoms with Gasteiger partial charge in [-0.1, -0.05) is 0 Å². The van der Waals surface area contributed by atoms with Crippen LogP contribution in [0.3, 0.4) is 0 Å². The fourth-order valence-corrected chi connectivity index (χ4v) is 4.74. The summed E-state index contributed by atoms with van der Waals surface area (Å²) in [5, 5.41) is 2.27. The van der Waals surface area contributed by atoms with Crippen molar-refractivity contribution in [3.05, 3.63) is 76.0 Å². The molecule has 4 rings (SSSR count). The van der Waals surface area contributed by atoms with Crippen molar-refractivity contribution in [1.82, 2.24) is 4.57 Å². The zero-order valence-electron chi connectivity index (χ0n) is 17.1. The van der Waals surface area contributed by atoms with Crippen LogP contribution in [0.25, 0.3) is 21.2 Å². The largest absolute Gasteiger partial charge is 0.454 e. The molecule has 0 saturated heterocycles. The molecule has 10 heteroatoms. The number of nitrogens with zero attached hydrogens (tertiary/aromatic N) is 1. The number of pyridine rings is 1. The molecule has 0 unspecified atom stereocenters. The number of benzene rings is 2. The summed E-state index contributed by atoms with van der Waals surface area (Å²) in [6, 6.07) is 9.20. The van der Waals surface area contributed by atoms with Crippen molar-refractivity contribution in [2.45, 2.75) is 6.92 Å². The summed E-state index contributed by atoms with van der Waals surface area (Å²) in [6.45, 7) is 1.51. The SMILES string of the molecule is CCS(=O)(=O)Nc1ccc(Oc2ccc(F)cc2F)c(-c2cn(C)c(=O)c3ccsc23)c1. The molecule has 2 aromatic carbocycles. The van der Waals surface area contributed by atoms with Crippen molar-refractivity contribution in [3.63, 3.8) is 0 Å². The maximum Gasteiger partial charge on any atom is 0.259 e. The molecule has 1 N–H and O–H groups in total. The zero-order chi connectivity index (χ0) is 23.0. The van der Waals surface area contributed by atoms with Crippen molar-refractivity contribution in [2.75, 3.05) is 10.5 Å². The summed E-state index contributed by atoms with van der Waals surface area (Å²) in [5.74, 6) is -1.72. The zero-order valence-corrected chi connectivity index (χ0v) is 18.7. The maximum absolute atomic E-state index is 14.2. The van der Waals surface area contributed by atoms with Crippen LogP contribution in [0.4, 0.5) is 14.5 Å². The summed E-state index contributed by atoms with van der Waals surface area (Å²) in [4.78, 5) is 12.5. The number of sulfonamides is 1. The quantitative estimate of drug-likeness (QED) is 0.420. The third-order valence-corrected chi connectivity index (χ3v) is 7.07. The number of hydrogen-bond acceptors (Lipinski definition) is 5. The Bertz CT molecular complexity index is 1490. The number of ether oxygens (including phenoxy) is 1. The summed E-state index contributed by atoms with van der Waals surface area (Å²) >= 11 is 1.34. The van der Waals surface area contributed by atoms with Gasteiger partial charge >= 0.3 is 0 Å². The maximum atomic E-state index is 14.2. The Balaban J connectivity index is 1.93. The molecule has 0 aliphatic carbocycles. The molecule has 0 amide bonds. The molecule has 32 heavy (non-hydrogen) atoms. The van der Waals surface area contributed by atoms with Gasteiger partial charge in [-0.3, -0.25) is 9.52 Å². The number of hydrogen-bond donors (Lipinski definition) is 1. The van der Waals surface area contributed by atoms with Crippen LogP contribution in [-0.4, -0.2) is 18.7 Å². The molecule has 2 heterocycles. The first kappa shape index (κ1) is 22.0. The summed E-state index contributed by atoms with van der Waals surface area (Å²) in [6.07, 6.45) is 1.61. The predicted molar refractivity (Wildman–Crippen MR) is 122 cm³/mol. The molecule has 166 valence electrons. The van der Waals surface area contributed by atoms with E-state index in [2.05, 4.69) is 4.72 Å². The van der Waals surface area contributed by atoms with Gasteiger partial charge in [0.25, 0.3) is 5.56 Å². The predicted octanol–water partition coefficient (Wildman–Crippen LogP) is 5.10. The summed E-state index contributed by atoms with van der Waals surface area (Å²) in [7, 11) is -1.94. The lowest BCUT2D eigenvalue weighted by atomic mass is 10.0. The van der Waals surface area contributed by atoms with Crippen LogP contribution >= 0.6 is 11.3 Å². The lowest BCUT2D eigenvalue weighted by Crippen LogP contribution is -2.16. The minimum Gasteiger partial charge on any atom is -0.454 e. The van der Waals surface area contributed by atoms with Gasteiger partial charge in [0, 0.05) is 40.8 Å². The molecule has 0 saturated carbocycles. The molecular formula is C22H18F2N2O4S2. The Morgan fingerprint density at radius 2 is 1.81 bits per heavy atom. The van der Waals surface area contributed by atoms with Gasteiger partial charge in [-0.05, 0) is 48.7 Å². The molecule has 0 atom stereocenters. The fraction of sp³-hybridized carbons (Fsp3) is 0.136. The van der Waals surface area contributed by atoms with Gasteiger partial charge in [-0.25, -0.2) is 17.2 Å². The lowest BCUT2D eigenvalue weighted by molar-refractivity contribution is 0.439. The molecule has 2 aromatic heterocycles. The molecule has 0 aliphatic heterocycles. The van der Waals surface area contributed by atoms with E-state index >= 15 is 0 Å². The number of thiophene rings is 1. The Morgan fingerprint density at radius 3 is 2.53 bits per heavy atom. The van der Waals surface area contributed by atoms with Crippen LogP contribution in [-0.2, 0) is 17.1 Å². The topological polar surface area (TPSA) is 77.4 Å². The molecule has 0 radical (unpaired) electrons. The molecule has 4 aromatic rings. The third-order valence-electron chi connectivity index (χ3n) is 4.82. The highest BCUT2D eigenvalue weighted by Gasteiger charge is 2.18. The number of aryl methyl sites for hydroxylation is 1. The molecule has 6 nitrogen and oxygen atoms in total. The molecule has 0 bridgehead atoms. The van der Waals surface area contributed by atoms with Gasteiger partial charge in [0.1, 0.15) is 11.6 Å². The van der Waals surface area contributed by atoms with Crippen molar-refractivity contribution < 1.29 is 21.9 Å². The van der Waals surface area contributed by atoms with E-state index in [9.17, 15) is 22.0 Å². The molecule has 0 spiro atoms. The highest BCUT2D eigenvalue weighted by atomic mass is 32.2. The Kier molecular flexibility index (Phi) is 5.74. The normalized spacial score (nSPS) is 11.6. The Labute approximate surface area is 186 Å². The van der Waals surface area contributed by atoms with E-state index in [1.165, 1.54) is 41.0 Å². The van der Waals surface area contributed by atoms with E-state index in [1.807, 2.05) is 0 Å². The standard InChI is InChI=1S/C22H18F2N2O4S2/c1-3-32(28,29)25-14-5-7-19(30-20-6-4-13(23)10-18(20)24)16(11-14)17-12-26(2)22(27)15-8-9-31-21(15)17/h4-12,25H,3H2,1-2H3. The second-order valence-electron chi connectivity index (χ2n) is 7.02. The minimum absolute atomic E-state index is 0.115. The first-order valence-electron chi connectivity index (χ1n) is 9.53. The van der Waals surface area contributed by atoms with Crippen LogP contribution in [0.1, 0.15) is 6.92 Å². The smallest absolute Gasteiger partial charge is 0.259 e. The molecule has 0 aliphatic rings. The van der Waals surface area contributed by atoms with Crippen LogP contribution in [0, 0.1) is 11.6 Å². The Hall–Kier alpha value is -3.24.